The number of nitrogens with zero attached hydrogens (tertiary/aromatic N) is 1. The zero-order chi connectivity index (χ0) is 13.2. The van der Waals surface area contributed by atoms with Gasteiger partial charge in [-0.15, -0.1) is 0 Å². The molecule has 0 unspecified atom stereocenters. The summed E-state index contributed by atoms with van der Waals surface area (Å²) in [7, 11) is 0. The lowest BCUT2D eigenvalue weighted by Gasteiger charge is -2.05. The summed E-state index contributed by atoms with van der Waals surface area (Å²) in [6.45, 7) is 0.598. The topological polar surface area (TPSA) is 78.0 Å². The highest BCUT2D eigenvalue weighted by Crippen LogP contribution is 2.20. The van der Waals surface area contributed by atoms with Crippen LogP contribution in [-0.2, 0) is 6.54 Å². The Balaban J connectivity index is 1.89. The number of nitrogens with one attached hydrogen (secondary N) is 2. The third-order valence-corrected chi connectivity index (χ3v) is 3.06. The first-order chi connectivity index (χ1) is 9.20. The summed E-state index contributed by atoms with van der Waals surface area (Å²) in [5.74, 6) is 0.637. The van der Waals surface area contributed by atoms with Crippen molar-refractivity contribution in [2.24, 2.45) is 0 Å². The van der Waals surface area contributed by atoms with Crippen LogP contribution >= 0.6 is 0 Å². The van der Waals surface area contributed by atoms with Gasteiger partial charge in [-0.25, -0.2) is 4.98 Å². The zero-order valence-electron chi connectivity index (χ0n) is 10.4. The van der Waals surface area contributed by atoms with Gasteiger partial charge in [-0.3, -0.25) is 4.79 Å². The molecule has 0 radical (unpaired) electrons. The molecule has 2 aromatic rings. The van der Waals surface area contributed by atoms with Crippen molar-refractivity contribution >= 4 is 0 Å². The van der Waals surface area contributed by atoms with Gasteiger partial charge in [0.25, 0.3) is 5.56 Å². The number of hydrogen-bond donors (Lipinski definition) is 3. The third-order valence-electron chi connectivity index (χ3n) is 3.06. The number of H-pyrrole nitrogens is 1. The number of aromatic hydroxyl groups is 1. The Morgan fingerprint density at radius 1 is 1.37 bits per heavy atom. The monoisotopic (exact) mass is 257 g/mol. The number of hydrogen-bond acceptors (Lipinski definition) is 4. The molecule has 0 spiro atoms. The molecule has 1 aromatic heterocycles. The number of phenols is 1. The summed E-state index contributed by atoms with van der Waals surface area (Å²) in [6.07, 6.45) is 2.39. The smallest absolute Gasteiger partial charge is 0.251 e. The summed E-state index contributed by atoms with van der Waals surface area (Å²) < 4.78 is 0. The summed E-state index contributed by atoms with van der Waals surface area (Å²) in [6, 6.07) is 8.76. The van der Waals surface area contributed by atoms with E-state index < -0.39 is 0 Å². The molecule has 5 nitrogen and oxygen atoms in total. The molecule has 98 valence electrons. The van der Waals surface area contributed by atoms with Crippen LogP contribution in [0.25, 0.3) is 11.4 Å². The lowest BCUT2D eigenvalue weighted by Crippen LogP contribution is -2.19. The molecular formula is C14H15N3O2. The molecular weight excluding hydrogens is 242 g/mol. The Morgan fingerprint density at radius 3 is 2.95 bits per heavy atom. The third kappa shape index (κ3) is 3.00. The van der Waals surface area contributed by atoms with Crippen molar-refractivity contribution in [1.29, 1.82) is 0 Å². The van der Waals surface area contributed by atoms with Gasteiger partial charge in [0.15, 0.2) is 0 Å². The number of phenolic OH excluding ortho intramolecular Hbond substituents is 1. The Labute approximate surface area is 110 Å². The molecule has 1 aromatic carbocycles. The first kappa shape index (κ1) is 11.9. The van der Waals surface area contributed by atoms with Crippen LogP contribution in [0.15, 0.2) is 35.1 Å². The predicted molar refractivity (Wildman–Crippen MR) is 71.8 cm³/mol. The van der Waals surface area contributed by atoms with Crippen LogP contribution in [0.4, 0.5) is 0 Å². The normalized spacial score (nSPS) is 14.5. The van der Waals surface area contributed by atoms with Crippen LogP contribution in [0, 0.1) is 0 Å². The molecule has 19 heavy (non-hydrogen) atoms. The van der Waals surface area contributed by atoms with E-state index in [1.54, 1.807) is 24.3 Å². The molecule has 3 N–H and O–H groups in total. The number of aromatic amines is 1. The van der Waals surface area contributed by atoms with Gasteiger partial charge in [0, 0.05) is 24.2 Å². The number of aromatic nitrogens is 2. The van der Waals surface area contributed by atoms with E-state index in [2.05, 4.69) is 15.3 Å². The standard InChI is InChI=1S/C14H15N3O2/c18-12-3-1-2-9(6-12)14-16-11(7-13(19)17-14)8-15-10-4-5-10/h1-3,6-7,10,15,18H,4-5,8H2,(H,16,17,19). The van der Waals surface area contributed by atoms with Gasteiger partial charge in [0.05, 0.1) is 5.69 Å². The molecule has 0 saturated heterocycles. The first-order valence-corrected chi connectivity index (χ1v) is 6.34. The highest BCUT2D eigenvalue weighted by atomic mass is 16.3. The van der Waals surface area contributed by atoms with E-state index in [9.17, 15) is 9.90 Å². The molecule has 1 aliphatic rings. The van der Waals surface area contributed by atoms with Gasteiger partial charge in [0.2, 0.25) is 0 Å². The van der Waals surface area contributed by atoms with E-state index in [0.717, 1.165) is 0 Å². The molecule has 0 atom stereocenters. The maximum Gasteiger partial charge on any atom is 0.251 e. The van der Waals surface area contributed by atoms with E-state index in [1.807, 2.05) is 0 Å². The van der Waals surface area contributed by atoms with E-state index in [4.69, 9.17) is 0 Å². The lowest BCUT2D eigenvalue weighted by molar-refractivity contribution is 0.475. The van der Waals surface area contributed by atoms with Gasteiger partial charge in [-0.05, 0) is 25.0 Å². The van der Waals surface area contributed by atoms with Crippen molar-refractivity contribution in [2.75, 3.05) is 0 Å². The van der Waals surface area contributed by atoms with Crippen LogP contribution in [-0.4, -0.2) is 21.1 Å². The van der Waals surface area contributed by atoms with Crippen molar-refractivity contribution < 1.29 is 5.11 Å². The Kier molecular flexibility index (Phi) is 3.05. The molecule has 0 aliphatic heterocycles. The molecule has 5 heteroatoms. The summed E-state index contributed by atoms with van der Waals surface area (Å²) in [4.78, 5) is 18.7. The van der Waals surface area contributed by atoms with Gasteiger partial charge in [0.1, 0.15) is 11.6 Å². The quantitative estimate of drug-likeness (QED) is 0.773. The van der Waals surface area contributed by atoms with Gasteiger partial charge < -0.3 is 15.4 Å². The van der Waals surface area contributed by atoms with Crippen LogP contribution in [0.1, 0.15) is 18.5 Å². The Morgan fingerprint density at radius 2 is 2.21 bits per heavy atom. The zero-order valence-corrected chi connectivity index (χ0v) is 10.4. The van der Waals surface area contributed by atoms with Crippen LogP contribution in [0.2, 0.25) is 0 Å². The van der Waals surface area contributed by atoms with Gasteiger partial charge in [-0.1, -0.05) is 12.1 Å². The fourth-order valence-electron chi connectivity index (χ4n) is 1.92. The maximum absolute atomic E-state index is 11.6. The highest BCUT2D eigenvalue weighted by Gasteiger charge is 2.20. The summed E-state index contributed by atoms with van der Waals surface area (Å²) in [5.41, 5.74) is 1.24. The molecule has 0 amide bonds. The van der Waals surface area contributed by atoms with E-state index in [0.29, 0.717) is 29.7 Å². The number of rotatable bonds is 4. The second kappa shape index (κ2) is 4.85. The van der Waals surface area contributed by atoms with Gasteiger partial charge in [-0.2, -0.15) is 0 Å². The average molecular weight is 257 g/mol. The lowest BCUT2D eigenvalue weighted by atomic mass is 10.2. The van der Waals surface area contributed by atoms with Crippen molar-refractivity contribution in [3.8, 4) is 17.1 Å². The largest absolute Gasteiger partial charge is 0.508 e. The molecule has 1 heterocycles. The van der Waals surface area contributed by atoms with Crippen LogP contribution in [0.3, 0.4) is 0 Å². The van der Waals surface area contributed by atoms with Crippen LogP contribution in [0.5, 0.6) is 5.75 Å². The molecule has 0 bridgehead atoms. The Bertz CT molecular complexity index is 647. The minimum absolute atomic E-state index is 0.154. The van der Waals surface area contributed by atoms with Crippen molar-refractivity contribution in [1.82, 2.24) is 15.3 Å². The fraction of sp³-hybridized carbons (Fsp3) is 0.286. The van der Waals surface area contributed by atoms with E-state index >= 15 is 0 Å². The maximum atomic E-state index is 11.6. The molecule has 1 fully saturated rings. The van der Waals surface area contributed by atoms with Crippen LogP contribution < -0.4 is 10.9 Å². The Hall–Kier alpha value is -2.14. The van der Waals surface area contributed by atoms with Crippen molar-refractivity contribution in [3.05, 3.63) is 46.4 Å². The van der Waals surface area contributed by atoms with Crippen molar-refractivity contribution in [3.63, 3.8) is 0 Å². The predicted octanol–water partition coefficient (Wildman–Crippen LogP) is 1.39. The van der Waals surface area contributed by atoms with E-state index in [1.165, 1.54) is 18.9 Å². The van der Waals surface area contributed by atoms with Gasteiger partial charge >= 0.3 is 0 Å². The number of benzene rings is 1. The SMILES string of the molecule is O=c1cc(CNC2CC2)nc(-c2cccc(O)c2)[nH]1. The minimum Gasteiger partial charge on any atom is -0.508 e. The molecule has 1 saturated carbocycles. The van der Waals surface area contributed by atoms with E-state index in [-0.39, 0.29) is 11.3 Å². The molecule has 1 aliphatic carbocycles. The first-order valence-electron chi connectivity index (χ1n) is 6.34. The summed E-state index contributed by atoms with van der Waals surface area (Å²) >= 11 is 0. The fourth-order valence-corrected chi connectivity index (χ4v) is 1.92. The summed E-state index contributed by atoms with van der Waals surface area (Å²) in [5, 5.41) is 12.8. The minimum atomic E-state index is -0.180. The second-order valence-electron chi connectivity index (χ2n) is 4.79. The van der Waals surface area contributed by atoms with Crippen molar-refractivity contribution in [2.45, 2.75) is 25.4 Å². The highest BCUT2D eigenvalue weighted by molar-refractivity contribution is 5.57. The molecule has 3 rings (SSSR count). The average Bonchev–Trinajstić information content (AvgIpc) is 3.20. The second-order valence-corrected chi connectivity index (χ2v) is 4.79.